The second-order valence-corrected chi connectivity index (χ2v) is 5.88. The van der Waals surface area contributed by atoms with Crippen molar-refractivity contribution in [3.63, 3.8) is 0 Å². The first-order valence-electron chi connectivity index (χ1n) is 8.44. The van der Waals surface area contributed by atoms with E-state index in [4.69, 9.17) is 0 Å². The van der Waals surface area contributed by atoms with Crippen molar-refractivity contribution < 1.29 is 15.0 Å². The molecule has 0 atom stereocenters. The van der Waals surface area contributed by atoms with Crippen LogP contribution in [-0.2, 0) is 6.54 Å². The standard InChI is InChI=1S/C20H25NO3/c1-3-5-13-21(4-2)14-17-18(22)12-11-16(20(17)24)19(23)15-9-7-6-8-10-15/h6-12,22,24H,3-5,13-14H2,1-2H3. The van der Waals surface area contributed by atoms with E-state index < -0.39 is 0 Å². The van der Waals surface area contributed by atoms with Crippen molar-refractivity contribution in [1.82, 2.24) is 4.90 Å². The zero-order chi connectivity index (χ0) is 17.5. The monoisotopic (exact) mass is 327 g/mol. The molecule has 0 saturated carbocycles. The number of phenols is 2. The highest BCUT2D eigenvalue weighted by Crippen LogP contribution is 2.33. The highest BCUT2D eigenvalue weighted by molar-refractivity contribution is 6.11. The van der Waals surface area contributed by atoms with E-state index in [1.165, 1.54) is 12.1 Å². The maximum absolute atomic E-state index is 12.6. The molecule has 2 rings (SSSR count). The van der Waals surface area contributed by atoms with Gasteiger partial charge in [-0.05, 0) is 31.6 Å². The van der Waals surface area contributed by atoms with Gasteiger partial charge in [0.15, 0.2) is 5.78 Å². The second kappa shape index (κ2) is 8.50. The number of carbonyl (C=O) groups excluding carboxylic acids is 1. The Kier molecular flexibility index (Phi) is 6.38. The summed E-state index contributed by atoms with van der Waals surface area (Å²) in [7, 11) is 0. The van der Waals surface area contributed by atoms with Gasteiger partial charge < -0.3 is 10.2 Å². The minimum Gasteiger partial charge on any atom is -0.507 e. The summed E-state index contributed by atoms with van der Waals surface area (Å²) in [4.78, 5) is 14.8. The van der Waals surface area contributed by atoms with Crippen LogP contribution in [0.3, 0.4) is 0 Å². The lowest BCUT2D eigenvalue weighted by Gasteiger charge is -2.22. The third-order valence-electron chi connectivity index (χ3n) is 4.20. The van der Waals surface area contributed by atoms with Crippen LogP contribution in [0.4, 0.5) is 0 Å². The topological polar surface area (TPSA) is 60.8 Å². The number of carbonyl (C=O) groups is 1. The fourth-order valence-electron chi connectivity index (χ4n) is 2.66. The predicted molar refractivity (Wildman–Crippen MR) is 95.5 cm³/mol. The van der Waals surface area contributed by atoms with E-state index in [2.05, 4.69) is 11.8 Å². The lowest BCUT2D eigenvalue weighted by Crippen LogP contribution is -2.24. The molecular formula is C20H25NO3. The quantitative estimate of drug-likeness (QED) is 0.721. The first kappa shape index (κ1) is 18.0. The van der Waals surface area contributed by atoms with Gasteiger partial charge in [0.1, 0.15) is 11.5 Å². The predicted octanol–water partition coefficient (Wildman–Crippen LogP) is 3.95. The van der Waals surface area contributed by atoms with Gasteiger partial charge in [0.25, 0.3) is 0 Å². The molecule has 2 aromatic rings. The van der Waals surface area contributed by atoms with Gasteiger partial charge in [-0.3, -0.25) is 9.69 Å². The number of nitrogens with zero attached hydrogens (tertiary/aromatic N) is 1. The molecule has 2 aromatic carbocycles. The molecule has 0 aromatic heterocycles. The van der Waals surface area contributed by atoms with E-state index in [0.717, 1.165) is 25.9 Å². The number of aromatic hydroxyl groups is 2. The molecular weight excluding hydrogens is 302 g/mol. The van der Waals surface area contributed by atoms with Gasteiger partial charge in [0, 0.05) is 12.1 Å². The Morgan fingerprint density at radius 3 is 2.38 bits per heavy atom. The van der Waals surface area contributed by atoms with E-state index in [-0.39, 0.29) is 22.8 Å². The van der Waals surface area contributed by atoms with Crippen LogP contribution in [0.5, 0.6) is 11.5 Å². The molecule has 2 N–H and O–H groups in total. The van der Waals surface area contributed by atoms with Gasteiger partial charge in [0.05, 0.1) is 11.1 Å². The van der Waals surface area contributed by atoms with Crippen molar-refractivity contribution in [3.05, 3.63) is 59.2 Å². The largest absolute Gasteiger partial charge is 0.507 e. The summed E-state index contributed by atoms with van der Waals surface area (Å²) in [5, 5.41) is 20.7. The summed E-state index contributed by atoms with van der Waals surface area (Å²) in [6, 6.07) is 11.8. The molecule has 0 aliphatic heterocycles. The Balaban J connectivity index is 2.31. The Labute approximate surface area is 143 Å². The maximum Gasteiger partial charge on any atom is 0.196 e. The SMILES string of the molecule is CCCCN(CC)Cc1c(O)ccc(C(=O)c2ccccc2)c1O. The Hall–Kier alpha value is -2.33. The summed E-state index contributed by atoms with van der Waals surface area (Å²) in [5.74, 6) is -0.350. The third-order valence-corrected chi connectivity index (χ3v) is 4.20. The van der Waals surface area contributed by atoms with Crippen molar-refractivity contribution in [2.75, 3.05) is 13.1 Å². The van der Waals surface area contributed by atoms with Crippen molar-refractivity contribution in [3.8, 4) is 11.5 Å². The molecule has 128 valence electrons. The summed E-state index contributed by atoms with van der Waals surface area (Å²) in [6.45, 7) is 6.30. The molecule has 0 aliphatic carbocycles. The molecule has 24 heavy (non-hydrogen) atoms. The summed E-state index contributed by atoms with van der Waals surface area (Å²) in [5.41, 5.74) is 1.15. The van der Waals surface area contributed by atoms with E-state index in [0.29, 0.717) is 17.7 Å². The first-order valence-corrected chi connectivity index (χ1v) is 8.44. The Bertz CT molecular complexity index is 683. The third kappa shape index (κ3) is 4.15. The molecule has 0 aliphatic rings. The fourth-order valence-corrected chi connectivity index (χ4v) is 2.66. The van der Waals surface area contributed by atoms with Gasteiger partial charge in [-0.25, -0.2) is 0 Å². The van der Waals surface area contributed by atoms with E-state index in [9.17, 15) is 15.0 Å². The summed E-state index contributed by atoms with van der Waals surface area (Å²) < 4.78 is 0. The lowest BCUT2D eigenvalue weighted by atomic mass is 9.99. The van der Waals surface area contributed by atoms with Crippen LogP contribution in [0.2, 0.25) is 0 Å². The molecule has 0 heterocycles. The zero-order valence-electron chi connectivity index (χ0n) is 14.3. The highest BCUT2D eigenvalue weighted by atomic mass is 16.3. The normalized spacial score (nSPS) is 11.0. The highest BCUT2D eigenvalue weighted by Gasteiger charge is 2.20. The fraction of sp³-hybridized carbons (Fsp3) is 0.350. The van der Waals surface area contributed by atoms with Gasteiger partial charge in [0.2, 0.25) is 0 Å². The minimum absolute atomic E-state index is 0.0204. The van der Waals surface area contributed by atoms with E-state index in [1.807, 2.05) is 13.0 Å². The zero-order valence-corrected chi connectivity index (χ0v) is 14.3. The number of benzene rings is 2. The first-order chi connectivity index (χ1) is 11.6. The smallest absolute Gasteiger partial charge is 0.196 e. The molecule has 4 heteroatoms. The van der Waals surface area contributed by atoms with Crippen LogP contribution >= 0.6 is 0 Å². The van der Waals surface area contributed by atoms with Gasteiger partial charge in [-0.15, -0.1) is 0 Å². The number of unbranched alkanes of at least 4 members (excludes halogenated alkanes) is 1. The van der Waals surface area contributed by atoms with Gasteiger partial charge in [-0.1, -0.05) is 50.6 Å². The van der Waals surface area contributed by atoms with Gasteiger partial charge in [-0.2, -0.15) is 0 Å². The van der Waals surface area contributed by atoms with Crippen molar-refractivity contribution in [1.29, 1.82) is 0 Å². The second-order valence-electron chi connectivity index (χ2n) is 5.88. The Morgan fingerprint density at radius 2 is 1.75 bits per heavy atom. The van der Waals surface area contributed by atoms with Crippen LogP contribution in [0.1, 0.15) is 48.2 Å². The van der Waals surface area contributed by atoms with E-state index >= 15 is 0 Å². The van der Waals surface area contributed by atoms with Crippen molar-refractivity contribution >= 4 is 5.78 Å². The van der Waals surface area contributed by atoms with Crippen LogP contribution in [0.15, 0.2) is 42.5 Å². The molecule has 0 amide bonds. The summed E-state index contributed by atoms with van der Waals surface area (Å²) in [6.07, 6.45) is 2.14. The number of hydrogen-bond donors (Lipinski definition) is 2. The number of ketones is 1. The molecule has 0 spiro atoms. The minimum atomic E-state index is -0.244. The van der Waals surface area contributed by atoms with Gasteiger partial charge >= 0.3 is 0 Å². The van der Waals surface area contributed by atoms with Crippen molar-refractivity contribution in [2.24, 2.45) is 0 Å². The average molecular weight is 327 g/mol. The van der Waals surface area contributed by atoms with Crippen LogP contribution in [0, 0.1) is 0 Å². The van der Waals surface area contributed by atoms with Crippen LogP contribution in [0.25, 0.3) is 0 Å². The number of phenolic OH excluding ortho intramolecular Hbond substituents is 2. The molecule has 0 fully saturated rings. The van der Waals surface area contributed by atoms with Crippen molar-refractivity contribution in [2.45, 2.75) is 33.2 Å². The van der Waals surface area contributed by atoms with Crippen LogP contribution in [-0.4, -0.2) is 34.0 Å². The lowest BCUT2D eigenvalue weighted by molar-refractivity contribution is 0.103. The molecule has 0 bridgehead atoms. The maximum atomic E-state index is 12.6. The summed E-state index contributed by atoms with van der Waals surface area (Å²) >= 11 is 0. The Morgan fingerprint density at radius 1 is 1.04 bits per heavy atom. The molecule has 0 saturated heterocycles. The molecule has 4 nitrogen and oxygen atoms in total. The number of rotatable bonds is 8. The number of hydrogen-bond acceptors (Lipinski definition) is 4. The molecule has 0 unspecified atom stereocenters. The average Bonchev–Trinajstić information content (AvgIpc) is 2.61. The van der Waals surface area contributed by atoms with E-state index in [1.54, 1.807) is 24.3 Å². The molecule has 0 radical (unpaired) electrons. The van der Waals surface area contributed by atoms with Crippen LogP contribution < -0.4 is 0 Å².